The fraction of sp³-hybridized carbons (Fsp3) is 0.538. The molecule has 2 atom stereocenters. The maximum Gasteiger partial charge on any atom is 0.119 e. The van der Waals surface area contributed by atoms with Gasteiger partial charge in [0.1, 0.15) is 5.75 Å². The summed E-state index contributed by atoms with van der Waals surface area (Å²) in [4.78, 5) is 0. The standard InChI is InChI=1S/C13H19NO2/c1-10(16-13-6-7-14-9-13)11-4-3-5-12(8-11)15-2/h3-5,8,10,13-14H,6-7,9H2,1-2H3/t10-,13+/m1/s1. The molecule has 0 aromatic heterocycles. The first kappa shape index (κ1) is 11.4. The summed E-state index contributed by atoms with van der Waals surface area (Å²) in [5.41, 5.74) is 1.17. The minimum absolute atomic E-state index is 0.125. The summed E-state index contributed by atoms with van der Waals surface area (Å²) < 4.78 is 11.2. The highest BCUT2D eigenvalue weighted by Crippen LogP contribution is 2.23. The largest absolute Gasteiger partial charge is 0.497 e. The smallest absolute Gasteiger partial charge is 0.119 e. The SMILES string of the molecule is COc1cccc([C@@H](C)O[C@H]2CCNC2)c1. The molecular weight excluding hydrogens is 202 g/mol. The van der Waals surface area contributed by atoms with Crippen LogP contribution >= 0.6 is 0 Å². The highest BCUT2D eigenvalue weighted by molar-refractivity contribution is 5.29. The quantitative estimate of drug-likeness (QED) is 0.845. The summed E-state index contributed by atoms with van der Waals surface area (Å²) in [6.07, 6.45) is 1.58. The molecule has 0 amide bonds. The molecule has 1 aromatic rings. The van der Waals surface area contributed by atoms with E-state index in [2.05, 4.69) is 18.3 Å². The van der Waals surface area contributed by atoms with Crippen LogP contribution in [0, 0.1) is 0 Å². The van der Waals surface area contributed by atoms with E-state index in [0.29, 0.717) is 6.10 Å². The topological polar surface area (TPSA) is 30.5 Å². The summed E-state index contributed by atoms with van der Waals surface area (Å²) in [6, 6.07) is 8.07. The maximum absolute atomic E-state index is 5.98. The lowest BCUT2D eigenvalue weighted by atomic mass is 10.1. The van der Waals surface area contributed by atoms with Gasteiger partial charge in [-0.15, -0.1) is 0 Å². The molecule has 0 unspecified atom stereocenters. The molecular formula is C13H19NO2. The minimum Gasteiger partial charge on any atom is -0.497 e. The molecule has 1 saturated heterocycles. The monoisotopic (exact) mass is 221 g/mol. The van der Waals surface area contributed by atoms with Gasteiger partial charge in [-0.1, -0.05) is 12.1 Å². The third-order valence-electron chi connectivity index (χ3n) is 2.97. The van der Waals surface area contributed by atoms with Crippen molar-refractivity contribution in [2.24, 2.45) is 0 Å². The van der Waals surface area contributed by atoms with Crippen LogP contribution < -0.4 is 10.1 Å². The third-order valence-corrected chi connectivity index (χ3v) is 2.97. The maximum atomic E-state index is 5.98. The highest BCUT2D eigenvalue weighted by atomic mass is 16.5. The highest BCUT2D eigenvalue weighted by Gasteiger charge is 2.18. The average Bonchev–Trinajstić information content (AvgIpc) is 2.82. The molecule has 0 radical (unpaired) electrons. The molecule has 1 aliphatic rings. The van der Waals surface area contributed by atoms with Crippen molar-refractivity contribution in [3.8, 4) is 5.75 Å². The van der Waals surface area contributed by atoms with Gasteiger partial charge in [-0.05, 0) is 37.6 Å². The van der Waals surface area contributed by atoms with Crippen LogP contribution in [0.25, 0.3) is 0 Å². The number of methoxy groups -OCH3 is 1. The van der Waals surface area contributed by atoms with Gasteiger partial charge in [0.15, 0.2) is 0 Å². The number of hydrogen-bond donors (Lipinski definition) is 1. The fourth-order valence-corrected chi connectivity index (χ4v) is 2.01. The van der Waals surface area contributed by atoms with Gasteiger partial charge >= 0.3 is 0 Å². The van der Waals surface area contributed by atoms with Gasteiger partial charge in [0, 0.05) is 6.54 Å². The number of rotatable bonds is 4. The molecule has 3 nitrogen and oxygen atoms in total. The molecule has 1 fully saturated rings. The molecule has 0 saturated carbocycles. The van der Waals surface area contributed by atoms with Gasteiger partial charge in [0.05, 0.1) is 19.3 Å². The van der Waals surface area contributed by atoms with Crippen LogP contribution in [0.15, 0.2) is 24.3 Å². The van der Waals surface area contributed by atoms with Gasteiger partial charge in [0.2, 0.25) is 0 Å². The number of benzene rings is 1. The first-order chi connectivity index (χ1) is 7.79. The predicted molar refractivity (Wildman–Crippen MR) is 63.8 cm³/mol. The van der Waals surface area contributed by atoms with Crippen LogP contribution in [0.4, 0.5) is 0 Å². The van der Waals surface area contributed by atoms with Crippen LogP contribution in [-0.4, -0.2) is 26.3 Å². The van der Waals surface area contributed by atoms with Crippen LogP contribution in [0.5, 0.6) is 5.75 Å². The molecule has 1 N–H and O–H groups in total. The van der Waals surface area contributed by atoms with E-state index < -0.39 is 0 Å². The normalized spacial score (nSPS) is 22.0. The van der Waals surface area contributed by atoms with Gasteiger partial charge in [-0.2, -0.15) is 0 Å². The van der Waals surface area contributed by atoms with Crippen LogP contribution in [0.1, 0.15) is 25.0 Å². The van der Waals surface area contributed by atoms with Crippen molar-refractivity contribution in [1.29, 1.82) is 0 Å². The Bertz CT molecular complexity index is 334. The Kier molecular flexibility index (Phi) is 3.80. The molecule has 16 heavy (non-hydrogen) atoms. The molecule has 0 bridgehead atoms. The average molecular weight is 221 g/mol. The zero-order valence-corrected chi connectivity index (χ0v) is 9.90. The van der Waals surface area contributed by atoms with Gasteiger partial charge in [-0.25, -0.2) is 0 Å². The number of hydrogen-bond acceptors (Lipinski definition) is 3. The summed E-state index contributed by atoms with van der Waals surface area (Å²) in [6.45, 7) is 4.12. The molecule has 3 heteroatoms. The Morgan fingerprint density at radius 2 is 2.31 bits per heavy atom. The van der Waals surface area contributed by atoms with Gasteiger partial charge < -0.3 is 14.8 Å². The van der Waals surface area contributed by atoms with Crippen molar-refractivity contribution in [1.82, 2.24) is 5.32 Å². The lowest BCUT2D eigenvalue weighted by Crippen LogP contribution is -2.18. The van der Waals surface area contributed by atoms with Gasteiger partial charge in [-0.3, -0.25) is 0 Å². The van der Waals surface area contributed by atoms with E-state index in [1.807, 2.05) is 18.2 Å². The van der Waals surface area contributed by atoms with E-state index in [-0.39, 0.29) is 6.10 Å². The molecule has 1 heterocycles. The second-order valence-corrected chi connectivity index (χ2v) is 4.17. The van der Waals surface area contributed by atoms with Crippen molar-refractivity contribution in [3.05, 3.63) is 29.8 Å². The minimum atomic E-state index is 0.125. The van der Waals surface area contributed by atoms with E-state index >= 15 is 0 Å². The first-order valence-electron chi connectivity index (χ1n) is 5.79. The lowest BCUT2D eigenvalue weighted by molar-refractivity contribution is 0.00819. The number of ether oxygens (including phenoxy) is 2. The lowest BCUT2D eigenvalue weighted by Gasteiger charge is -2.18. The van der Waals surface area contributed by atoms with Crippen molar-refractivity contribution in [3.63, 3.8) is 0 Å². The molecule has 2 rings (SSSR count). The van der Waals surface area contributed by atoms with Gasteiger partial charge in [0.25, 0.3) is 0 Å². The predicted octanol–water partition coefficient (Wildman–Crippen LogP) is 2.13. The van der Waals surface area contributed by atoms with Crippen LogP contribution in [0.3, 0.4) is 0 Å². The summed E-state index contributed by atoms with van der Waals surface area (Å²) in [7, 11) is 1.69. The summed E-state index contributed by atoms with van der Waals surface area (Å²) in [5, 5.41) is 3.30. The van der Waals surface area contributed by atoms with E-state index in [1.165, 1.54) is 5.56 Å². The Balaban J connectivity index is 1.98. The summed E-state index contributed by atoms with van der Waals surface area (Å²) >= 11 is 0. The van der Waals surface area contributed by atoms with Crippen molar-refractivity contribution in [2.45, 2.75) is 25.6 Å². The van der Waals surface area contributed by atoms with Crippen molar-refractivity contribution < 1.29 is 9.47 Å². The van der Waals surface area contributed by atoms with E-state index in [0.717, 1.165) is 25.3 Å². The van der Waals surface area contributed by atoms with Crippen molar-refractivity contribution >= 4 is 0 Å². The summed E-state index contributed by atoms with van der Waals surface area (Å²) in [5.74, 6) is 0.887. The Hall–Kier alpha value is -1.06. The number of nitrogens with one attached hydrogen (secondary N) is 1. The Morgan fingerprint density at radius 3 is 3.00 bits per heavy atom. The second-order valence-electron chi connectivity index (χ2n) is 4.17. The van der Waals surface area contributed by atoms with Crippen LogP contribution in [0.2, 0.25) is 0 Å². The molecule has 1 aromatic carbocycles. The Labute approximate surface area is 96.8 Å². The fourth-order valence-electron chi connectivity index (χ4n) is 2.01. The zero-order chi connectivity index (χ0) is 11.4. The Morgan fingerprint density at radius 1 is 1.44 bits per heavy atom. The third kappa shape index (κ3) is 2.74. The van der Waals surface area contributed by atoms with E-state index in [1.54, 1.807) is 7.11 Å². The molecule has 1 aliphatic heterocycles. The van der Waals surface area contributed by atoms with Crippen molar-refractivity contribution in [2.75, 3.05) is 20.2 Å². The van der Waals surface area contributed by atoms with E-state index in [4.69, 9.17) is 9.47 Å². The first-order valence-corrected chi connectivity index (χ1v) is 5.79. The molecule has 0 aliphatic carbocycles. The van der Waals surface area contributed by atoms with Crippen LogP contribution in [-0.2, 0) is 4.74 Å². The zero-order valence-electron chi connectivity index (χ0n) is 9.90. The van der Waals surface area contributed by atoms with E-state index in [9.17, 15) is 0 Å². The molecule has 0 spiro atoms. The second kappa shape index (κ2) is 5.32. The molecule has 88 valence electrons.